The van der Waals surface area contributed by atoms with E-state index in [1.807, 2.05) is 11.6 Å². The van der Waals surface area contributed by atoms with Crippen molar-refractivity contribution in [2.45, 2.75) is 51.6 Å². The summed E-state index contributed by atoms with van der Waals surface area (Å²) < 4.78 is 1.99. The van der Waals surface area contributed by atoms with Crippen LogP contribution < -0.4 is 5.73 Å². The Morgan fingerprint density at radius 2 is 2.05 bits per heavy atom. The van der Waals surface area contributed by atoms with Crippen molar-refractivity contribution in [3.63, 3.8) is 0 Å². The first kappa shape index (κ1) is 14.6. The van der Waals surface area contributed by atoms with Gasteiger partial charge in [-0.1, -0.05) is 35.9 Å². The van der Waals surface area contributed by atoms with E-state index in [9.17, 15) is 0 Å². The SMILES string of the molecule is CCn1nc(C)c(Cl)c1CC1(N)CCc2ccccc2C1. The summed E-state index contributed by atoms with van der Waals surface area (Å²) in [7, 11) is 0. The van der Waals surface area contributed by atoms with Crippen LogP contribution in [0.25, 0.3) is 0 Å². The van der Waals surface area contributed by atoms with Crippen LogP contribution in [0.5, 0.6) is 0 Å². The Labute approximate surface area is 131 Å². The molecule has 0 aliphatic heterocycles. The van der Waals surface area contributed by atoms with Crippen LogP contribution >= 0.6 is 11.6 Å². The fraction of sp³-hybridized carbons (Fsp3) is 0.471. The summed E-state index contributed by atoms with van der Waals surface area (Å²) in [5, 5.41) is 5.28. The normalized spacial score (nSPS) is 21.3. The molecule has 0 fully saturated rings. The van der Waals surface area contributed by atoms with E-state index in [0.29, 0.717) is 0 Å². The highest BCUT2D eigenvalue weighted by molar-refractivity contribution is 6.31. The Morgan fingerprint density at radius 1 is 1.33 bits per heavy atom. The Hall–Kier alpha value is -1.32. The second-order valence-electron chi connectivity index (χ2n) is 6.15. The lowest BCUT2D eigenvalue weighted by Crippen LogP contribution is -2.47. The Kier molecular flexibility index (Phi) is 3.80. The van der Waals surface area contributed by atoms with Gasteiger partial charge in [-0.2, -0.15) is 5.10 Å². The molecule has 2 aromatic rings. The number of aryl methyl sites for hydroxylation is 3. The smallest absolute Gasteiger partial charge is 0.0847 e. The average Bonchev–Trinajstić information content (AvgIpc) is 2.74. The van der Waals surface area contributed by atoms with Gasteiger partial charge in [0.2, 0.25) is 0 Å². The molecule has 112 valence electrons. The molecule has 1 aliphatic carbocycles. The predicted octanol–water partition coefficient (Wildman–Crippen LogP) is 3.29. The molecule has 2 N–H and O–H groups in total. The molecule has 1 aromatic heterocycles. The maximum absolute atomic E-state index is 6.71. The van der Waals surface area contributed by atoms with Crippen molar-refractivity contribution < 1.29 is 0 Å². The lowest BCUT2D eigenvalue weighted by atomic mass is 9.76. The molecule has 1 heterocycles. The first-order valence-corrected chi connectivity index (χ1v) is 7.97. The predicted molar refractivity (Wildman–Crippen MR) is 86.7 cm³/mol. The van der Waals surface area contributed by atoms with Gasteiger partial charge in [0.1, 0.15) is 0 Å². The van der Waals surface area contributed by atoms with Crippen LogP contribution in [-0.2, 0) is 25.8 Å². The third kappa shape index (κ3) is 2.72. The van der Waals surface area contributed by atoms with Crippen molar-refractivity contribution in [1.29, 1.82) is 0 Å². The quantitative estimate of drug-likeness (QED) is 0.945. The van der Waals surface area contributed by atoms with Crippen LogP contribution in [-0.4, -0.2) is 15.3 Å². The molecule has 0 amide bonds. The van der Waals surface area contributed by atoms with E-state index < -0.39 is 0 Å². The minimum absolute atomic E-state index is 0.225. The highest BCUT2D eigenvalue weighted by atomic mass is 35.5. The van der Waals surface area contributed by atoms with Crippen LogP contribution in [0, 0.1) is 6.92 Å². The molecule has 1 unspecified atom stereocenters. The molecular weight excluding hydrogens is 282 g/mol. The van der Waals surface area contributed by atoms with Crippen molar-refractivity contribution in [2.24, 2.45) is 5.73 Å². The third-order valence-corrected chi connectivity index (χ3v) is 5.02. The number of hydrogen-bond donors (Lipinski definition) is 1. The molecule has 3 rings (SSSR count). The summed E-state index contributed by atoms with van der Waals surface area (Å²) in [5.74, 6) is 0. The minimum atomic E-state index is -0.225. The zero-order valence-electron chi connectivity index (χ0n) is 12.7. The van der Waals surface area contributed by atoms with E-state index in [0.717, 1.165) is 48.6 Å². The summed E-state index contributed by atoms with van der Waals surface area (Å²) in [6.07, 6.45) is 3.74. The van der Waals surface area contributed by atoms with E-state index in [2.05, 4.69) is 36.3 Å². The Morgan fingerprint density at radius 3 is 2.76 bits per heavy atom. The average molecular weight is 304 g/mol. The number of nitrogens with zero attached hydrogens (tertiary/aromatic N) is 2. The number of rotatable bonds is 3. The molecule has 21 heavy (non-hydrogen) atoms. The van der Waals surface area contributed by atoms with Crippen molar-refractivity contribution in [3.05, 3.63) is 51.8 Å². The second-order valence-corrected chi connectivity index (χ2v) is 6.52. The van der Waals surface area contributed by atoms with Crippen LogP contribution in [0.1, 0.15) is 35.9 Å². The van der Waals surface area contributed by atoms with Gasteiger partial charge in [-0.3, -0.25) is 4.68 Å². The van der Waals surface area contributed by atoms with E-state index in [1.54, 1.807) is 0 Å². The summed E-state index contributed by atoms with van der Waals surface area (Å²) in [5.41, 5.74) is 11.3. The maximum Gasteiger partial charge on any atom is 0.0847 e. The molecule has 0 saturated heterocycles. The van der Waals surface area contributed by atoms with Crippen LogP contribution in [0.3, 0.4) is 0 Å². The molecule has 1 aromatic carbocycles. The summed E-state index contributed by atoms with van der Waals surface area (Å²) in [6.45, 7) is 4.87. The monoisotopic (exact) mass is 303 g/mol. The highest BCUT2D eigenvalue weighted by Crippen LogP contribution is 2.32. The van der Waals surface area contributed by atoms with Crippen molar-refractivity contribution in [2.75, 3.05) is 0 Å². The molecule has 4 heteroatoms. The van der Waals surface area contributed by atoms with Gasteiger partial charge in [-0.05, 0) is 44.2 Å². The third-order valence-electron chi connectivity index (χ3n) is 4.53. The van der Waals surface area contributed by atoms with Crippen LogP contribution in [0.4, 0.5) is 0 Å². The van der Waals surface area contributed by atoms with Gasteiger partial charge in [0.05, 0.1) is 16.4 Å². The fourth-order valence-corrected chi connectivity index (χ4v) is 3.55. The number of fused-ring (bicyclic) bond motifs is 1. The Balaban J connectivity index is 1.89. The van der Waals surface area contributed by atoms with E-state index >= 15 is 0 Å². The van der Waals surface area contributed by atoms with Gasteiger partial charge in [0.25, 0.3) is 0 Å². The van der Waals surface area contributed by atoms with Gasteiger partial charge in [-0.25, -0.2) is 0 Å². The van der Waals surface area contributed by atoms with E-state index in [-0.39, 0.29) is 5.54 Å². The molecule has 3 nitrogen and oxygen atoms in total. The summed E-state index contributed by atoms with van der Waals surface area (Å²) >= 11 is 6.44. The second kappa shape index (κ2) is 5.47. The van der Waals surface area contributed by atoms with Crippen LogP contribution in [0.15, 0.2) is 24.3 Å². The summed E-state index contributed by atoms with van der Waals surface area (Å²) in [4.78, 5) is 0. The molecule has 0 bridgehead atoms. The van der Waals surface area contributed by atoms with Gasteiger partial charge in [-0.15, -0.1) is 0 Å². The van der Waals surface area contributed by atoms with Gasteiger partial charge in [0.15, 0.2) is 0 Å². The zero-order chi connectivity index (χ0) is 15.0. The number of hydrogen-bond acceptors (Lipinski definition) is 2. The molecule has 1 atom stereocenters. The molecule has 0 radical (unpaired) electrons. The van der Waals surface area contributed by atoms with E-state index in [1.165, 1.54) is 11.1 Å². The van der Waals surface area contributed by atoms with Crippen LogP contribution in [0.2, 0.25) is 5.02 Å². The topological polar surface area (TPSA) is 43.8 Å². The molecule has 0 spiro atoms. The molecule has 0 saturated carbocycles. The summed E-state index contributed by atoms with van der Waals surface area (Å²) in [6, 6.07) is 8.61. The van der Waals surface area contributed by atoms with Gasteiger partial charge < -0.3 is 5.73 Å². The zero-order valence-corrected chi connectivity index (χ0v) is 13.5. The minimum Gasteiger partial charge on any atom is -0.324 e. The van der Waals surface area contributed by atoms with E-state index in [4.69, 9.17) is 17.3 Å². The first-order valence-electron chi connectivity index (χ1n) is 7.60. The number of benzene rings is 1. The fourth-order valence-electron chi connectivity index (χ4n) is 3.35. The lowest BCUT2D eigenvalue weighted by Gasteiger charge is -2.35. The Bertz CT molecular complexity index is 662. The highest BCUT2D eigenvalue weighted by Gasteiger charge is 2.32. The molecule has 1 aliphatic rings. The van der Waals surface area contributed by atoms with Gasteiger partial charge >= 0.3 is 0 Å². The standard InChI is InChI=1S/C17H22ClN3/c1-3-21-15(16(18)12(2)20-21)11-17(19)9-8-13-6-4-5-7-14(13)10-17/h4-7H,3,8-11,19H2,1-2H3. The number of nitrogens with two attached hydrogens (primary N) is 1. The van der Waals surface area contributed by atoms with Crippen molar-refractivity contribution in [3.8, 4) is 0 Å². The largest absolute Gasteiger partial charge is 0.324 e. The maximum atomic E-state index is 6.71. The first-order chi connectivity index (χ1) is 10.0. The number of aromatic nitrogens is 2. The van der Waals surface area contributed by atoms with Gasteiger partial charge in [0, 0.05) is 18.5 Å². The van der Waals surface area contributed by atoms with Crippen molar-refractivity contribution in [1.82, 2.24) is 9.78 Å². The number of halogens is 1. The van der Waals surface area contributed by atoms with Crippen molar-refractivity contribution >= 4 is 11.6 Å². The molecular formula is C17H22ClN3. The lowest BCUT2D eigenvalue weighted by molar-refractivity contribution is 0.359.